The minimum Gasteiger partial charge on any atom is -0.308 e. The lowest BCUT2D eigenvalue weighted by atomic mass is 10.2. The fraction of sp³-hybridized carbons (Fsp3) is 0.0625. The lowest BCUT2D eigenvalue weighted by Crippen LogP contribution is -2.19. The largest absolute Gasteiger partial charge is 0.325 e. The lowest BCUT2D eigenvalue weighted by Gasteiger charge is -2.04. The van der Waals surface area contributed by atoms with Crippen molar-refractivity contribution in [3.8, 4) is 10.6 Å². The van der Waals surface area contributed by atoms with Gasteiger partial charge in [-0.2, -0.15) is 0 Å². The molecule has 2 aromatic carbocycles. The summed E-state index contributed by atoms with van der Waals surface area (Å²) in [5.74, 6) is 0. The van der Waals surface area contributed by atoms with E-state index in [2.05, 4.69) is 20.8 Å². The third-order valence-corrected chi connectivity index (χ3v) is 4.19. The van der Waals surface area contributed by atoms with E-state index in [1.54, 1.807) is 24.3 Å². The van der Waals surface area contributed by atoms with Gasteiger partial charge in [0.25, 0.3) is 0 Å². The molecule has 0 radical (unpaired) electrons. The molecule has 0 spiro atoms. The number of carbonyl (C=O) groups is 1. The first-order valence-electron chi connectivity index (χ1n) is 6.84. The Bertz CT molecular complexity index is 815. The molecule has 1 heterocycles. The van der Waals surface area contributed by atoms with Gasteiger partial charge >= 0.3 is 6.03 Å². The highest BCUT2D eigenvalue weighted by Crippen LogP contribution is 2.26. The van der Waals surface area contributed by atoms with E-state index in [1.165, 1.54) is 16.9 Å². The number of amides is 2. The minimum absolute atomic E-state index is 0.376. The van der Waals surface area contributed by atoms with Gasteiger partial charge in [-0.1, -0.05) is 52.8 Å². The predicted octanol–water partition coefficient (Wildman–Crippen LogP) is 4.81. The monoisotopic (exact) mass is 344 g/mol. The standard InChI is InChI=1S/C16H13ClN4OS/c1-10-2-4-11(5-3-10)14-20-21-16(23-14)19-15(22)18-13-8-6-12(17)7-9-13/h2-9H,1H3,(H2,18,19,21,22). The van der Waals surface area contributed by atoms with Crippen LogP contribution in [0.2, 0.25) is 5.02 Å². The maximum absolute atomic E-state index is 11.9. The van der Waals surface area contributed by atoms with Crippen LogP contribution in [0.5, 0.6) is 0 Å². The second-order valence-electron chi connectivity index (χ2n) is 4.86. The van der Waals surface area contributed by atoms with Gasteiger partial charge in [0, 0.05) is 16.3 Å². The van der Waals surface area contributed by atoms with Crippen molar-refractivity contribution in [3.05, 3.63) is 59.1 Å². The van der Waals surface area contributed by atoms with E-state index in [4.69, 9.17) is 11.6 Å². The fourth-order valence-corrected chi connectivity index (χ4v) is 2.75. The van der Waals surface area contributed by atoms with Crippen molar-refractivity contribution in [3.63, 3.8) is 0 Å². The predicted molar refractivity (Wildman–Crippen MR) is 94.2 cm³/mol. The number of halogens is 1. The van der Waals surface area contributed by atoms with Gasteiger partial charge in [-0.25, -0.2) is 4.79 Å². The van der Waals surface area contributed by atoms with Gasteiger partial charge in [-0.05, 0) is 31.2 Å². The Morgan fingerprint density at radius 1 is 1.00 bits per heavy atom. The molecule has 0 aliphatic rings. The highest BCUT2D eigenvalue weighted by Gasteiger charge is 2.09. The van der Waals surface area contributed by atoms with Gasteiger partial charge < -0.3 is 5.32 Å². The summed E-state index contributed by atoms with van der Waals surface area (Å²) in [6.07, 6.45) is 0. The molecular weight excluding hydrogens is 332 g/mol. The smallest absolute Gasteiger partial charge is 0.308 e. The number of carbonyl (C=O) groups excluding carboxylic acids is 1. The van der Waals surface area contributed by atoms with E-state index in [9.17, 15) is 4.79 Å². The van der Waals surface area contributed by atoms with Gasteiger partial charge in [-0.3, -0.25) is 5.32 Å². The van der Waals surface area contributed by atoms with Crippen LogP contribution in [-0.2, 0) is 0 Å². The highest BCUT2D eigenvalue weighted by molar-refractivity contribution is 7.18. The third-order valence-electron chi connectivity index (χ3n) is 3.05. The summed E-state index contributed by atoms with van der Waals surface area (Å²) in [4.78, 5) is 11.9. The van der Waals surface area contributed by atoms with E-state index in [-0.39, 0.29) is 6.03 Å². The number of benzene rings is 2. The van der Waals surface area contributed by atoms with Crippen LogP contribution in [0, 0.1) is 6.92 Å². The SMILES string of the molecule is Cc1ccc(-c2nnc(NC(=O)Nc3ccc(Cl)cc3)s2)cc1. The lowest BCUT2D eigenvalue weighted by molar-refractivity contribution is 0.262. The molecule has 0 saturated heterocycles. The first-order valence-corrected chi connectivity index (χ1v) is 8.04. The van der Waals surface area contributed by atoms with Crippen LogP contribution in [-0.4, -0.2) is 16.2 Å². The van der Waals surface area contributed by atoms with Gasteiger partial charge in [0.2, 0.25) is 5.13 Å². The number of aromatic nitrogens is 2. The summed E-state index contributed by atoms with van der Waals surface area (Å²) in [5.41, 5.74) is 2.80. The summed E-state index contributed by atoms with van der Waals surface area (Å²) in [5, 5.41) is 15.3. The first-order chi connectivity index (χ1) is 11.1. The van der Waals surface area contributed by atoms with Crippen molar-refractivity contribution in [2.24, 2.45) is 0 Å². The Kier molecular flexibility index (Phi) is 4.55. The maximum Gasteiger partial charge on any atom is 0.325 e. The number of nitrogens with one attached hydrogen (secondary N) is 2. The van der Waals surface area contributed by atoms with Crippen LogP contribution in [0.4, 0.5) is 15.6 Å². The molecule has 2 amide bonds. The van der Waals surface area contributed by atoms with Gasteiger partial charge in [0.1, 0.15) is 5.01 Å². The molecule has 5 nitrogen and oxygen atoms in total. The van der Waals surface area contributed by atoms with Gasteiger partial charge in [0.15, 0.2) is 0 Å². The van der Waals surface area contributed by atoms with Crippen LogP contribution < -0.4 is 10.6 Å². The number of hydrogen-bond acceptors (Lipinski definition) is 4. The molecule has 23 heavy (non-hydrogen) atoms. The molecular formula is C16H13ClN4OS. The van der Waals surface area contributed by atoms with E-state index in [0.29, 0.717) is 15.8 Å². The van der Waals surface area contributed by atoms with Crippen molar-refractivity contribution < 1.29 is 4.79 Å². The molecule has 0 saturated carbocycles. The van der Waals surface area contributed by atoms with Crippen LogP contribution in [0.1, 0.15) is 5.56 Å². The quantitative estimate of drug-likeness (QED) is 0.716. The minimum atomic E-state index is -0.376. The zero-order valence-electron chi connectivity index (χ0n) is 12.2. The van der Waals surface area contributed by atoms with Crippen molar-refractivity contribution in [2.75, 3.05) is 10.6 Å². The number of hydrogen-bond donors (Lipinski definition) is 2. The Hall–Kier alpha value is -2.44. The Morgan fingerprint density at radius 3 is 2.39 bits per heavy atom. The Morgan fingerprint density at radius 2 is 1.70 bits per heavy atom. The molecule has 3 rings (SSSR count). The van der Waals surface area contributed by atoms with E-state index < -0.39 is 0 Å². The molecule has 0 aliphatic carbocycles. The zero-order valence-corrected chi connectivity index (χ0v) is 13.8. The first kappa shape index (κ1) is 15.5. The molecule has 3 aromatic rings. The van der Waals surface area contributed by atoms with E-state index in [1.807, 2.05) is 31.2 Å². The normalized spacial score (nSPS) is 10.3. The van der Waals surface area contributed by atoms with Gasteiger partial charge in [0.05, 0.1) is 0 Å². The molecule has 2 N–H and O–H groups in total. The third kappa shape index (κ3) is 4.06. The van der Waals surface area contributed by atoms with Crippen LogP contribution in [0.3, 0.4) is 0 Å². The molecule has 1 aromatic heterocycles. The average Bonchev–Trinajstić information content (AvgIpc) is 2.98. The summed E-state index contributed by atoms with van der Waals surface area (Å²) < 4.78 is 0. The number of anilines is 2. The molecule has 7 heteroatoms. The fourth-order valence-electron chi connectivity index (χ4n) is 1.88. The number of rotatable bonds is 3. The molecule has 0 bridgehead atoms. The number of urea groups is 1. The average molecular weight is 345 g/mol. The second kappa shape index (κ2) is 6.76. The molecule has 116 valence electrons. The summed E-state index contributed by atoms with van der Waals surface area (Å²) in [7, 11) is 0. The maximum atomic E-state index is 11.9. The molecule has 0 atom stereocenters. The van der Waals surface area contributed by atoms with Crippen molar-refractivity contribution in [1.29, 1.82) is 0 Å². The van der Waals surface area contributed by atoms with Crippen molar-refractivity contribution in [2.45, 2.75) is 6.92 Å². The van der Waals surface area contributed by atoms with Crippen molar-refractivity contribution >= 4 is 39.8 Å². The van der Waals surface area contributed by atoms with Crippen molar-refractivity contribution in [1.82, 2.24) is 10.2 Å². The van der Waals surface area contributed by atoms with Crippen LogP contribution in [0.15, 0.2) is 48.5 Å². The summed E-state index contributed by atoms with van der Waals surface area (Å²) in [6, 6.07) is 14.5. The summed E-state index contributed by atoms with van der Waals surface area (Å²) >= 11 is 7.12. The molecule has 0 aliphatic heterocycles. The van der Waals surface area contributed by atoms with E-state index in [0.717, 1.165) is 10.6 Å². The summed E-state index contributed by atoms with van der Waals surface area (Å²) in [6.45, 7) is 2.03. The number of aryl methyl sites for hydroxylation is 1. The van der Waals surface area contributed by atoms with Crippen LogP contribution >= 0.6 is 22.9 Å². The van der Waals surface area contributed by atoms with Crippen LogP contribution in [0.25, 0.3) is 10.6 Å². The highest BCUT2D eigenvalue weighted by atomic mass is 35.5. The topological polar surface area (TPSA) is 66.9 Å². The zero-order chi connectivity index (χ0) is 16.2. The molecule has 0 unspecified atom stereocenters. The Balaban J connectivity index is 1.65. The Labute approximate surface area is 142 Å². The number of nitrogens with zero attached hydrogens (tertiary/aromatic N) is 2. The van der Waals surface area contributed by atoms with E-state index >= 15 is 0 Å². The molecule has 0 fully saturated rings. The second-order valence-corrected chi connectivity index (χ2v) is 6.28. The van der Waals surface area contributed by atoms with Gasteiger partial charge in [-0.15, -0.1) is 10.2 Å².